The monoisotopic (exact) mass is 287 g/mol. The van der Waals surface area contributed by atoms with E-state index in [-0.39, 0.29) is 5.91 Å². The number of carboxylic acids is 1. The number of aryl methyl sites for hydroxylation is 1. The molecule has 0 bridgehead atoms. The Morgan fingerprint density at radius 3 is 2.86 bits per heavy atom. The van der Waals surface area contributed by atoms with E-state index in [9.17, 15) is 9.59 Å². The minimum Gasteiger partial charge on any atom is -0.478 e. The van der Waals surface area contributed by atoms with Crippen molar-refractivity contribution in [3.63, 3.8) is 0 Å². The molecule has 0 radical (unpaired) electrons. The van der Waals surface area contributed by atoms with Crippen LogP contribution >= 0.6 is 0 Å². The number of rotatable bonds is 6. The van der Waals surface area contributed by atoms with Gasteiger partial charge in [0.2, 0.25) is 0 Å². The van der Waals surface area contributed by atoms with Crippen LogP contribution in [-0.4, -0.2) is 23.0 Å². The quantitative estimate of drug-likeness (QED) is 0.790. The third-order valence-corrected chi connectivity index (χ3v) is 3.85. The molecular weight excluding hydrogens is 266 g/mol. The predicted octanol–water partition coefficient (Wildman–Crippen LogP) is 3.01. The lowest BCUT2D eigenvalue weighted by Gasteiger charge is -2.07. The topological polar surface area (TPSA) is 66.4 Å². The minimum absolute atomic E-state index is 0.0800. The number of carbonyl (C=O) groups is 2. The first-order chi connectivity index (χ1) is 10.0. The van der Waals surface area contributed by atoms with E-state index in [1.165, 1.54) is 6.08 Å². The lowest BCUT2D eigenvalue weighted by molar-refractivity contribution is -0.131. The van der Waals surface area contributed by atoms with Crippen LogP contribution in [0.5, 0.6) is 0 Å². The third-order valence-electron chi connectivity index (χ3n) is 3.85. The van der Waals surface area contributed by atoms with Crippen molar-refractivity contribution in [2.75, 3.05) is 0 Å². The van der Waals surface area contributed by atoms with Gasteiger partial charge in [0.25, 0.3) is 5.91 Å². The molecule has 0 saturated heterocycles. The third kappa shape index (κ3) is 4.18. The number of aliphatic carboxylic acids is 1. The summed E-state index contributed by atoms with van der Waals surface area (Å²) in [7, 11) is 0. The van der Waals surface area contributed by atoms with Crippen LogP contribution in [0.15, 0.2) is 24.3 Å². The number of amides is 1. The van der Waals surface area contributed by atoms with Crippen LogP contribution in [0.4, 0.5) is 0 Å². The standard InChI is InChI=1S/C17H21NO3/c1-3-4-13-10-15(13)18-17(21)14-6-5-11(2)12(9-14)7-8-16(19)20/h5-9,13,15H,3-4,10H2,1-2H3,(H,18,21)(H,19,20)/b8-7+. The Hall–Kier alpha value is -2.10. The number of hydrogen-bond donors (Lipinski definition) is 2. The molecule has 1 aliphatic rings. The normalized spacial score (nSPS) is 20.5. The second-order valence-electron chi connectivity index (χ2n) is 5.61. The molecule has 21 heavy (non-hydrogen) atoms. The molecule has 2 N–H and O–H groups in total. The van der Waals surface area contributed by atoms with Gasteiger partial charge in [0.15, 0.2) is 0 Å². The molecular formula is C17H21NO3. The summed E-state index contributed by atoms with van der Waals surface area (Å²) in [6.45, 7) is 4.04. The van der Waals surface area contributed by atoms with Crippen LogP contribution in [0.25, 0.3) is 6.08 Å². The number of benzene rings is 1. The fourth-order valence-corrected chi connectivity index (χ4v) is 2.49. The average Bonchev–Trinajstić information content (AvgIpc) is 3.16. The van der Waals surface area contributed by atoms with Gasteiger partial charge in [-0.15, -0.1) is 0 Å². The van der Waals surface area contributed by atoms with Gasteiger partial charge in [-0.2, -0.15) is 0 Å². The second kappa shape index (κ2) is 6.57. The number of hydrogen-bond acceptors (Lipinski definition) is 2. The maximum Gasteiger partial charge on any atom is 0.328 e. The lowest BCUT2D eigenvalue weighted by atomic mass is 10.0. The molecule has 1 aromatic carbocycles. The van der Waals surface area contributed by atoms with Crippen LogP contribution in [0.3, 0.4) is 0 Å². The maximum atomic E-state index is 12.2. The molecule has 4 nitrogen and oxygen atoms in total. The van der Waals surface area contributed by atoms with Gasteiger partial charge in [0, 0.05) is 17.7 Å². The molecule has 1 aromatic rings. The smallest absolute Gasteiger partial charge is 0.328 e. The SMILES string of the molecule is CCCC1CC1NC(=O)c1ccc(C)c(/C=C/C(=O)O)c1. The first-order valence-corrected chi connectivity index (χ1v) is 7.33. The Morgan fingerprint density at radius 2 is 2.19 bits per heavy atom. The summed E-state index contributed by atoms with van der Waals surface area (Å²) in [6, 6.07) is 5.66. The molecule has 2 rings (SSSR count). The van der Waals surface area contributed by atoms with E-state index in [0.29, 0.717) is 17.5 Å². The minimum atomic E-state index is -0.996. The van der Waals surface area contributed by atoms with Crippen LogP contribution in [-0.2, 0) is 4.79 Å². The van der Waals surface area contributed by atoms with Gasteiger partial charge >= 0.3 is 5.97 Å². The zero-order valence-corrected chi connectivity index (χ0v) is 12.4. The second-order valence-corrected chi connectivity index (χ2v) is 5.61. The Kier molecular flexibility index (Phi) is 4.78. The Bertz CT molecular complexity index is 577. The lowest BCUT2D eigenvalue weighted by Crippen LogP contribution is -2.26. The van der Waals surface area contributed by atoms with Crippen molar-refractivity contribution < 1.29 is 14.7 Å². The van der Waals surface area contributed by atoms with Crippen molar-refractivity contribution in [3.05, 3.63) is 41.0 Å². The summed E-state index contributed by atoms with van der Waals surface area (Å²) in [5.74, 6) is -0.455. The van der Waals surface area contributed by atoms with E-state index in [4.69, 9.17) is 5.11 Å². The molecule has 0 spiro atoms. The van der Waals surface area contributed by atoms with Crippen molar-refractivity contribution in [2.45, 2.75) is 39.2 Å². The van der Waals surface area contributed by atoms with Crippen molar-refractivity contribution in [3.8, 4) is 0 Å². The molecule has 4 heteroatoms. The molecule has 112 valence electrons. The molecule has 0 aliphatic heterocycles. The first-order valence-electron chi connectivity index (χ1n) is 7.33. The Morgan fingerprint density at radius 1 is 1.43 bits per heavy atom. The van der Waals surface area contributed by atoms with Gasteiger partial charge in [-0.25, -0.2) is 4.79 Å². The molecule has 2 atom stereocenters. The van der Waals surface area contributed by atoms with Gasteiger partial charge in [-0.3, -0.25) is 4.79 Å². The highest BCUT2D eigenvalue weighted by Gasteiger charge is 2.37. The first kappa shape index (κ1) is 15.3. The average molecular weight is 287 g/mol. The van der Waals surface area contributed by atoms with E-state index < -0.39 is 5.97 Å². The van der Waals surface area contributed by atoms with Crippen molar-refractivity contribution in [1.29, 1.82) is 0 Å². The summed E-state index contributed by atoms with van der Waals surface area (Å²) >= 11 is 0. The van der Waals surface area contributed by atoms with Crippen molar-refractivity contribution in [2.24, 2.45) is 5.92 Å². The largest absolute Gasteiger partial charge is 0.478 e. The van der Waals surface area contributed by atoms with Gasteiger partial charge in [0.05, 0.1) is 0 Å². The summed E-state index contributed by atoms with van der Waals surface area (Å²) in [6.07, 6.45) is 5.97. The van der Waals surface area contributed by atoms with Crippen molar-refractivity contribution in [1.82, 2.24) is 5.32 Å². The van der Waals surface area contributed by atoms with Crippen molar-refractivity contribution >= 4 is 18.0 Å². The van der Waals surface area contributed by atoms with E-state index in [2.05, 4.69) is 12.2 Å². The Balaban J connectivity index is 2.04. The zero-order valence-electron chi connectivity index (χ0n) is 12.4. The molecule has 2 unspecified atom stereocenters. The highest BCUT2D eigenvalue weighted by Crippen LogP contribution is 2.34. The zero-order chi connectivity index (χ0) is 15.4. The fraction of sp³-hybridized carbons (Fsp3) is 0.412. The number of carbonyl (C=O) groups excluding carboxylic acids is 1. The van der Waals surface area contributed by atoms with E-state index in [0.717, 1.165) is 36.5 Å². The molecule has 0 aromatic heterocycles. The highest BCUT2D eigenvalue weighted by atomic mass is 16.4. The highest BCUT2D eigenvalue weighted by molar-refractivity contribution is 5.95. The van der Waals surface area contributed by atoms with E-state index in [1.54, 1.807) is 12.1 Å². The summed E-state index contributed by atoms with van der Waals surface area (Å²) in [5, 5.41) is 11.7. The van der Waals surface area contributed by atoms with Gasteiger partial charge in [-0.05, 0) is 55.0 Å². The van der Waals surface area contributed by atoms with E-state index >= 15 is 0 Å². The fourth-order valence-electron chi connectivity index (χ4n) is 2.49. The van der Waals surface area contributed by atoms with Crippen LogP contribution in [0, 0.1) is 12.8 Å². The maximum absolute atomic E-state index is 12.2. The molecule has 1 fully saturated rings. The van der Waals surface area contributed by atoms with Gasteiger partial charge in [0.1, 0.15) is 0 Å². The van der Waals surface area contributed by atoms with Crippen LogP contribution in [0.2, 0.25) is 0 Å². The molecule has 1 amide bonds. The summed E-state index contributed by atoms with van der Waals surface area (Å²) < 4.78 is 0. The van der Waals surface area contributed by atoms with Crippen LogP contribution in [0.1, 0.15) is 47.7 Å². The number of carboxylic acid groups (broad SMARTS) is 1. The summed E-state index contributed by atoms with van der Waals surface area (Å²) in [4.78, 5) is 22.8. The molecule has 1 aliphatic carbocycles. The summed E-state index contributed by atoms with van der Waals surface area (Å²) in [5.41, 5.74) is 2.28. The van der Waals surface area contributed by atoms with Gasteiger partial charge < -0.3 is 10.4 Å². The Labute approximate surface area is 124 Å². The van der Waals surface area contributed by atoms with Crippen LogP contribution < -0.4 is 5.32 Å². The van der Waals surface area contributed by atoms with E-state index in [1.807, 2.05) is 13.0 Å². The molecule has 1 saturated carbocycles. The van der Waals surface area contributed by atoms with Gasteiger partial charge in [-0.1, -0.05) is 19.4 Å². The molecule has 0 heterocycles. The predicted molar refractivity (Wildman–Crippen MR) is 82.1 cm³/mol. The number of nitrogens with one attached hydrogen (secondary N) is 1.